The van der Waals surface area contributed by atoms with Crippen molar-refractivity contribution in [2.24, 2.45) is 5.92 Å². The van der Waals surface area contributed by atoms with Gasteiger partial charge < -0.3 is 8.83 Å². The molecule has 0 bridgehead atoms. The molecule has 0 amide bonds. The van der Waals surface area contributed by atoms with Gasteiger partial charge in [-0.1, -0.05) is 68.1 Å². The van der Waals surface area contributed by atoms with Crippen LogP contribution in [0.1, 0.15) is 54.1 Å². The number of para-hydroxylation sites is 1. The van der Waals surface area contributed by atoms with Gasteiger partial charge in [-0.3, -0.25) is 4.79 Å². The van der Waals surface area contributed by atoms with Gasteiger partial charge in [-0.05, 0) is 42.5 Å². The topological polar surface area (TPSA) is 86.2 Å². The smallest absolute Gasteiger partial charge is 0.347 e. The average molecular weight is 449 g/mol. The van der Waals surface area contributed by atoms with E-state index in [1.54, 1.807) is 24.3 Å². The number of nitrogens with zero attached hydrogens (tertiary/aromatic N) is 2. The van der Waals surface area contributed by atoms with Crippen LogP contribution in [0.3, 0.4) is 0 Å². The summed E-state index contributed by atoms with van der Waals surface area (Å²) in [5.74, 6) is 0.693. The van der Waals surface area contributed by atoms with Crippen molar-refractivity contribution in [1.82, 2.24) is 10.2 Å². The summed E-state index contributed by atoms with van der Waals surface area (Å²) in [6.45, 7) is 6.40. The summed E-state index contributed by atoms with van der Waals surface area (Å²) in [6, 6.07) is 17.1. The van der Waals surface area contributed by atoms with Crippen LogP contribution in [0.4, 0.5) is 0 Å². The highest BCUT2D eigenvalue weighted by atomic mass is 32.2. The SMILES string of the molecule is CC(C)Cc1ccc(C(C)c2nnc(SCC(=O)c3cc4ccccc4oc3=O)o2)cc1. The molecule has 0 fully saturated rings. The predicted molar refractivity (Wildman–Crippen MR) is 124 cm³/mol. The number of hydrogen-bond donors (Lipinski definition) is 0. The van der Waals surface area contributed by atoms with E-state index in [2.05, 4.69) is 48.3 Å². The molecule has 2 aromatic carbocycles. The summed E-state index contributed by atoms with van der Waals surface area (Å²) in [5, 5.41) is 9.19. The lowest BCUT2D eigenvalue weighted by molar-refractivity contribution is 0.101. The van der Waals surface area contributed by atoms with Crippen LogP contribution in [0.15, 0.2) is 73.4 Å². The summed E-state index contributed by atoms with van der Waals surface area (Å²) < 4.78 is 11.0. The zero-order valence-electron chi connectivity index (χ0n) is 18.2. The molecule has 1 atom stereocenters. The molecule has 2 aromatic heterocycles. The van der Waals surface area contributed by atoms with Gasteiger partial charge in [0, 0.05) is 5.39 Å². The maximum Gasteiger partial charge on any atom is 0.347 e. The number of fused-ring (bicyclic) bond motifs is 1. The third-order valence-corrected chi connectivity index (χ3v) is 6.00. The van der Waals surface area contributed by atoms with Crippen LogP contribution in [-0.2, 0) is 6.42 Å². The van der Waals surface area contributed by atoms with Crippen molar-refractivity contribution in [3.63, 3.8) is 0 Å². The molecule has 0 N–H and O–H groups in total. The number of Topliss-reactive ketones (excluding diaryl/α,β-unsaturated/α-hetero) is 1. The van der Waals surface area contributed by atoms with E-state index in [1.807, 2.05) is 13.0 Å². The Kier molecular flexibility index (Phi) is 6.55. The first-order valence-corrected chi connectivity index (χ1v) is 11.5. The molecule has 0 aliphatic heterocycles. The molecule has 0 saturated carbocycles. The Morgan fingerprint density at radius 3 is 2.50 bits per heavy atom. The Bertz CT molecular complexity index is 1290. The first-order chi connectivity index (χ1) is 15.4. The second kappa shape index (κ2) is 9.53. The van der Waals surface area contributed by atoms with Crippen molar-refractivity contribution in [3.05, 3.63) is 87.6 Å². The first-order valence-electron chi connectivity index (χ1n) is 10.5. The fraction of sp³-hybridized carbons (Fsp3) is 0.280. The minimum Gasteiger partial charge on any atom is -0.422 e. The monoisotopic (exact) mass is 448 g/mol. The minimum atomic E-state index is -0.643. The summed E-state index contributed by atoms with van der Waals surface area (Å²) in [6.07, 6.45) is 1.04. The van der Waals surface area contributed by atoms with Crippen LogP contribution in [-0.4, -0.2) is 21.7 Å². The summed E-state index contributed by atoms with van der Waals surface area (Å²) in [5.41, 5.74) is 2.22. The van der Waals surface area contributed by atoms with Crippen molar-refractivity contribution in [2.45, 2.75) is 38.3 Å². The molecule has 32 heavy (non-hydrogen) atoms. The lowest BCUT2D eigenvalue weighted by Gasteiger charge is -2.09. The summed E-state index contributed by atoms with van der Waals surface area (Å²) in [4.78, 5) is 24.8. The number of ketones is 1. The largest absolute Gasteiger partial charge is 0.422 e. The highest BCUT2D eigenvalue weighted by Gasteiger charge is 2.19. The molecule has 0 aliphatic rings. The number of hydrogen-bond acceptors (Lipinski definition) is 7. The van der Waals surface area contributed by atoms with Crippen molar-refractivity contribution in [3.8, 4) is 0 Å². The summed E-state index contributed by atoms with van der Waals surface area (Å²) >= 11 is 1.11. The Balaban J connectivity index is 1.41. The van der Waals surface area contributed by atoms with E-state index in [-0.39, 0.29) is 23.0 Å². The zero-order valence-corrected chi connectivity index (χ0v) is 19.0. The van der Waals surface area contributed by atoms with Gasteiger partial charge in [0.25, 0.3) is 5.22 Å². The van der Waals surface area contributed by atoms with E-state index < -0.39 is 5.63 Å². The maximum absolute atomic E-state index is 12.6. The van der Waals surface area contributed by atoms with Crippen LogP contribution in [0.5, 0.6) is 0 Å². The standard InChI is InChI=1S/C25H24N2O4S/c1-15(2)12-17-8-10-18(11-9-17)16(3)23-26-27-25(31-23)32-14-21(28)20-13-19-6-4-5-7-22(19)30-24(20)29/h4-11,13,15-16H,12,14H2,1-3H3. The fourth-order valence-electron chi connectivity index (χ4n) is 3.47. The molecule has 4 aromatic rings. The number of aromatic nitrogens is 2. The molecule has 0 radical (unpaired) electrons. The van der Waals surface area contributed by atoms with E-state index >= 15 is 0 Å². The maximum atomic E-state index is 12.6. The van der Waals surface area contributed by atoms with Crippen molar-refractivity contribution in [1.29, 1.82) is 0 Å². The molecule has 1 unspecified atom stereocenters. The van der Waals surface area contributed by atoms with Crippen LogP contribution in [0.25, 0.3) is 11.0 Å². The van der Waals surface area contributed by atoms with Crippen molar-refractivity contribution >= 4 is 28.5 Å². The second-order valence-corrected chi connectivity index (χ2v) is 9.09. The molecular formula is C25H24N2O4S. The van der Waals surface area contributed by atoms with Crippen LogP contribution >= 0.6 is 11.8 Å². The third kappa shape index (κ3) is 4.99. The van der Waals surface area contributed by atoms with Crippen molar-refractivity contribution < 1.29 is 13.6 Å². The van der Waals surface area contributed by atoms with E-state index in [0.717, 1.165) is 23.7 Å². The fourth-order valence-corrected chi connectivity index (χ4v) is 4.12. The van der Waals surface area contributed by atoms with E-state index in [4.69, 9.17) is 8.83 Å². The van der Waals surface area contributed by atoms with E-state index in [9.17, 15) is 9.59 Å². The Hall–Kier alpha value is -3.19. The Labute approximate surface area is 190 Å². The number of thioether (sulfide) groups is 1. The Morgan fingerprint density at radius 2 is 1.75 bits per heavy atom. The summed E-state index contributed by atoms with van der Waals surface area (Å²) in [7, 11) is 0. The molecule has 6 nitrogen and oxygen atoms in total. The molecule has 4 rings (SSSR count). The lowest BCUT2D eigenvalue weighted by Crippen LogP contribution is -2.15. The number of benzene rings is 2. The van der Waals surface area contributed by atoms with Gasteiger partial charge in [0.05, 0.1) is 11.7 Å². The molecule has 164 valence electrons. The number of carbonyl (C=O) groups is 1. The molecular weight excluding hydrogens is 424 g/mol. The van der Waals surface area contributed by atoms with Crippen molar-refractivity contribution in [2.75, 3.05) is 5.75 Å². The molecule has 2 heterocycles. The van der Waals surface area contributed by atoms with Gasteiger partial charge in [0.2, 0.25) is 5.89 Å². The quantitative estimate of drug-likeness (QED) is 0.200. The average Bonchev–Trinajstić information content (AvgIpc) is 3.26. The Morgan fingerprint density at radius 1 is 1.00 bits per heavy atom. The van der Waals surface area contributed by atoms with Crippen LogP contribution < -0.4 is 5.63 Å². The lowest BCUT2D eigenvalue weighted by atomic mass is 9.97. The molecule has 0 aliphatic carbocycles. The molecule has 0 saturated heterocycles. The van der Waals surface area contributed by atoms with Gasteiger partial charge in [-0.2, -0.15) is 0 Å². The zero-order chi connectivity index (χ0) is 22.7. The van der Waals surface area contributed by atoms with Crippen LogP contribution in [0.2, 0.25) is 0 Å². The predicted octanol–water partition coefficient (Wildman–Crippen LogP) is 5.50. The van der Waals surface area contributed by atoms with Gasteiger partial charge in [-0.15, -0.1) is 10.2 Å². The molecule has 0 spiro atoms. The molecule has 7 heteroatoms. The normalized spacial score (nSPS) is 12.4. The van der Waals surface area contributed by atoms with Gasteiger partial charge >= 0.3 is 5.63 Å². The highest BCUT2D eigenvalue weighted by Crippen LogP contribution is 2.27. The van der Waals surface area contributed by atoms with E-state index in [0.29, 0.717) is 28.0 Å². The van der Waals surface area contributed by atoms with Crippen LogP contribution in [0, 0.1) is 5.92 Å². The van der Waals surface area contributed by atoms with Gasteiger partial charge in [0.1, 0.15) is 11.1 Å². The minimum absolute atomic E-state index is 0.00299. The highest BCUT2D eigenvalue weighted by molar-refractivity contribution is 7.99. The second-order valence-electron chi connectivity index (χ2n) is 8.16. The van der Waals surface area contributed by atoms with Gasteiger partial charge in [-0.25, -0.2) is 4.79 Å². The first kappa shape index (κ1) is 22.0. The van der Waals surface area contributed by atoms with Gasteiger partial charge in [0.15, 0.2) is 5.78 Å². The number of carbonyl (C=O) groups excluding carboxylic acids is 1. The van der Waals surface area contributed by atoms with E-state index in [1.165, 1.54) is 5.56 Å². The third-order valence-electron chi connectivity index (χ3n) is 5.18. The number of rotatable bonds is 8.